The maximum absolute atomic E-state index is 13.8. The molecule has 4 fully saturated rings. The first-order chi connectivity index (χ1) is 17.3. The fraction of sp³-hybridized carbons (Fsp3) is 0.516. The third-order valence-corrected chi connectivity index (χ3v) is 11.5. The summed E-state index contributed by atoms with van der Waals surface area (Å²) in [6.45, 7) is 5.51. The molecule has 36 heavy (non-hydrogen) atoms. The van der Waals surface area contributed by atoms with Crippen molar-refractivity contribution in [2.24, 2.45) is 34.5 Å². The van der Waals surface area contributed by atoms with Gasteiger partial charge in [0.2, 0.25) is 0 Å². The lowest BCUT2D eigenvalue weighted by atomic mass is 9.44. The molecule has 7 rings (SSSR count). The van der Waals surface area contributed by atoms with Gasteiger partial charge in [0.05, 0.1) is 18.0 Å². The number of rotatable bonds is 4. The molecule has 2 heterocycles. The minimum atomic E-state index is -0.151. The number of allylic oxidation sites excluding steroid dienone is 4. The molecule has 0 N–H and O–H groups in total. The van der Waals surface area contributed by atoms with Gasteiger partial charge in [-0.3, -0.25) is 9.59 Å². The molecular formula is C31H33NO3S. The predicted octanol–water partition coefficient (Wildman–Crippen LogP) is 6.20. The zero-order chi connectivity index (χ0) is 24.7. The Morgan fingerprint density at radius 3 is 2.83 bits per heavy atom. The van der Waals surface area contributed by atoms with Crippen molar-refractivity contribution in [1.29, 1.82) is 0 Å². The molecule has 0 radical (unpaired) electrons. The zero-order valence-corrected chi connectivity index (χ0v) is 21.9. The molecule has 7 atom stereocenters. The second-order valence-electron chi connectivity index (χ2n) is 12.2. The summed E-state index contributed by atoms with van der Waals surface area (Å²) in [4.78, 5) is 30.5. The number of epoxide rings is 1. The van der Waals surface area contributed by atoms with Crippen molar-refractivity contribution < 1.29 is 14.3 Å². The van der Waals surface area contributed by atoms with Gasteiger partial charge in [0.25, 0.3) is 0 Å². The fourth-order valence-corrected chi connectivity index (χ4v) is 9.97. The minimum Gasteiger partial charge on any atom is -0.369 e. The smallest absolute Gasteiger partial charge is 0.178 e. The first kappa shape index (κ1) is 22.9. The third-order valence-electron chi connectivity index (χ3n) is 10.5. The van der Waals surface area contributed by atoms with Crippen molar-refractivity contribution in [3.63, 3.8) is 0 Å². The lowest BCUT2D eigenvalue weighted by Gasteiger charge is -2.59. The summed E-state index contributed by atoms with van der Waals surface area (Å²) < 4.78 is 6.35. The van der Waals surface area contributed by atoms with Crippen LogP contribution in [0.15, 0.2) is 65.4 Å². The Labute approximate surface area is 217 Å². The van der Waals surface area contributed by atoms with Crippen LogP contribution in [0.25, 0.3) is 10.8 Å². The number of thioether (sulfide) groups is 1. The van der Waals surface area contributed by atoms with E-state index in [1.165, 1.54) is 11.0 Å². The highest BCUT2D eigenvalue weighted by Gasteiger charge is 2.71. The predicted molar refractivity (Wildman–Crippen MR) is 142 cm³/mol. The van der Waals surface area contributed by atoms with Gasteiger partial charge >= 0.3 is 0 Å². The Kier molecular flexibility index (Phi) is 5.02. The molecule has 1 spiro atoms. The van der Waals surface area contributed by atoms with Gasteiger partial charge in [0, 0.05) is 28.8 Å². The van der Waals surface area contributed by atoms with Gasteiger partial charge in [-0.25, -0.2) is 4.98 Å². The van der Waals surface area contributed by atoms with Gasteiger partial charge in [-0.15, -0.1) is 0 Å². The number of ether oxygens (including phenoxy) is 1. The SMILES string of the molecule is CC12C=CC(=O)C=C1CCC1C2C2(CO2)CC2(C)C(C(=O)CSc3nccc4ccccc34)CCC12. The van der Waals surface area contributed by atoms with Crippen LogP contribution in [0.5, 0.6) is 0 Å². The molecule has 186 valence electrons. The molecule has 1 aromatic heterocycles. The highest BCUT2D eigenvalue weighted by molar-refractivity contribution is 8.00. The summed E-state index contributed by atoms with van der Waals surface area (Å²) in [5.41, 5.74) is 1.02. The molecule has 0 amide bonds. The van der Waals surface area contributed by atoms with Gasteiger partial charge in [0.15, 0.2) is 5.78 Å². The van der Waals surface area contributed by atoms with E-state index in [0.29, 0.717) is 29.3 Å². The van der Waals surface area contributed by atoms with E-state index in [4.69, 9.17) is 4.74 Å². The molecule has 1 aliphatic heterocycles. The van der Waals surface area contributed by atoms with Crippen molar-refractivity contribution in [1.82, 2.24) is 4.98 Å². The number of fused-ring (bicyclic) bond motifs is 7. The van der Waals surface area contributed by atoms with E-state index in [1.54, 1.807) is 17.8 Å². The van der Waals surface area contributed by atoms with Crippen molar-refractivity contribution >= 4 is 34.1 Å². The Bertz CT molecular complexity index is 1340. The largest absolute Gasteiger partial charge is 0.369 e. The maximum atomic E-state index is 13.8. The van der Waals surface area contributed by atoms with Crippen LogP contribution in [0.4, 0.5) is 0 Å². The van der Waals surface area contributed by atoms with Crippen LogP contribution in [0.2, 0.25) is 0 Å². The van der Waals surface area contributed by atoms with Crippen molar-refractivity contribution in [3.05, 3.63) is 60.3 Å². The van der Waals surface area contributed by atoms with Crippen LogP contribution in [0, 0.1) is 34.5 Å². The van der Waals surface area contributed by atoms with E-state index in [9.17, 15) is 9.59 Å². The van der Waals surface area contributed by atoms with Crippen molar-refractivity contribution in [2.45, 2.75) is 56.6 Å². The average Bonchev–Trinajstić information content (AvgIpc) is 3.53. The van der Waals surface area contributed by atoms with Gasteiger partial charge < -0.3 is 4.74 Å². The Morgan fingerprint density at radius 2 is 2.00 bits per heavy atom. The molecule has 3 saturated carbocycles. The van der Waals surface area contributed by atoms with Crippen LogP contribution in [-0.4, -0.2) is 34.5 Å². The number of carbonyl (C=O) groups is 2. The first-order valence-corrected chi connectivity index (χ1v) is 14.4. The van der Waals surface area contributed by atoms with Crippen LogP contribution >= 0.6 is 11.8 Å². The van der Waals surface area contributed by atoms with Gasteiger partial charge in [-0.1, -0.05) is 61.5 Å². The van der Waals surface area contributed by atoms with Gasteiger partial charge in [-0.2, -0.15) is 0 Å². The monoisotopic (exact) mass is 499 g/mol. The average molecular weight is 500 g/mol. The van der Waals surface area contributed by atoms with E-state index in [-0.39, 0.29) is 28.1 Å². The molecule has 7 unspecified atom stereocenters. The highest BCUT2D eigenvalue weighted by atomic mass is 32.2. The molecule has 4 aliphatic carbocycles. The summed E-state index contributed by atoms with van der Waals surface area (Å²) in [5, 5.41) is 3.24. The summed E-state index contributed by atoms with van der Waals surface area (Å²) in [6.07, 6.45) is 12.8. The summed E-state index contributed by atoms with van der Waals surface area (Å²) in [6, 6.07) is 10.3. The maximum Gasteiger partial charge on any atom is 0.178 e. The standard InChI is InChI=1S/C31H33NO3S/c1-29-13-11-21(33)15-20(29)7-8-23-24-9-10-25(30(24,2)17-31(18-35-31)27(23)29)26(34)16-36-28-22-6-4-3-5-19(22)12-14-32-28/h3-6,11-15,23-25,27H,7-10,16-18H2,1-2H3. The topological polar surface area (TPSA) is 59.6 Å². The molecule has 5 heteroatoms. The number of hydrogen-bond donors (Lipinski definition) is 0. The molecular weight excluding hydrogens is 466 g/mol. The second kappa shape index (κ2) is 7.88. The Hall–Kier alpha value is -2.24. The van der Waals surface area contributed by atoms with E-state index in [2.05, 4.69) is 37.0 Å². The summed E-state index contributed by atoms with van der Waals surface area (Å²) in [5.74, 6) is 2.53. The van der Waals surface area contributed by atoms with Crippen molar-refractivity contribution in [2.75, 3.05) is 12.4 Å². The number of aromatic nitrogens is 1. The van der Waals surface area contributed by atoms with E-state index < -0.39 is 0 Å². The number of nitrogens with zero attached hydrogens (tertiary/aromatic N) is 1. The van der Waals surface area contributed by atoms with E-state index in [1.807, 2.05) is 30.5 Å². The highest BCUT2D eigenvalue weighted by Crippen LogP contribution is 2.72. The lowest BCUT2D eigenvalue weighted by molar-refractivity contribution is -0.131. The number of pyridine rings is 1. The minimum absolute atomic E-state index is 0.0206. The number of carbonyl (C=O) groups excluding carboxylic acids is 2. The number of ketones is 2. The van der Waals surface area contributed by atoms with Crippen LogP contribution in [-0.2, 0) is 14.3 Å². The molecule has 4 nitrogen and oxygen atoms in total. The third kappa shape index (κ3) is 3.21. The summed E-state index contributed by atoms with van der Waals surface area (Å²) >= 11 is 1.60. The number of Topliss-reactive ketones (excluding diaryl/α,β-unsaturated/α-hetero) is 1. The normalized spacial score (nSPS) is 40.5. The van der Waals surface area contributed by atoms with Crippen molar-refractivity contribution in [3.8, 4) is 0 Å². The van der Waals surface area contributed by atoms with Crippen LogP contribution < -0.4 is 0 Å². The van der Waals surface area contributed by atoms with Gasteiger partial charge in [-0.05, 0) is 73.0 Å². The van der Waals surface area contributed by atoms with E-state index >= 15 is 0 Å². The fourth-order valence-electron chi connectivity index (χ4n) is 9.01. The van der Waals surface area contributed by atoms with Crippen LogP contribution in [0.3, 0.4) is 0 Å². The quantitative estimate of drug-likeness (QED) is 0.370. The second-order valence-corrected chi connectivity index (χ2v) is 13.2. The zero-order valence-electron chi connectivity index (χ0n) is 21.0. The first-order valence-electron chi connectivity index (χ1n) is 13.4. The molecule has 1 saturated heterocycles. The lowest BCUT2D eigenvalue weighted by Crippen LogP contribution is -2.58. The Morgan fingerprint density at radius 1 is 1.17 bits per heavy atom. The summed E-state index contributed by atoms with van der Waals surface area (Å²) in [7, 11) is 0. The Balaban J connectivity index is 1.15. The molecule has 1 aromatic carbocycles. The molecule has 5 aliphatic rings. The van der Waals surface area contributed by atoms with E-state index in [0.717, 1.165) is 49.1 Å². The van der Waals surface area contributed by atoms with Gasteiger partial charge in [0.1, 0.15) is 10.8 Å². The number of benzene rings is 1. The number of hydrogen-bond acceptors (Lipinski definition) is 5. The molecule has 0 bridgehead atoms. The molecule has 2 aromatic rings. The van der Waals surface area contributed by atoms with Crippen LogP contribution in [0.1, 0.15) is 46.0 Å².